The van der Waals surface area contributed by atoms with E-state index in [1.165, 1.54) is 83.5 Å². The summed E-state index contributed by atoms with van der Waals surface area (Å²) in [7, 11) is 0. The van der Waals surface area contributed by atoms with E-state index >= 15 is 0 Å². The molecule has 1 heterocycles. The Morgan fingerprint density at radius 2 is 1.17 bits per heavy atom. The Hall–Kier alpha value is -1.56. The van der Waals surface area contributed by atoms with Gasteiger partial charge in [-0.15, -0.1) is 0 Å². The average Bonchev–Trinajstić information content (AvgIpc) is 3.91. The SMILES string of the molecule is C.C.CC[C@]12CC[C@@](C)(O)C[C@@H]1CC[C@H]1[C@@H]3CC[C@H](C(=O)CBr)[C@@]3(C)CC[C@@H]12.CC[C@]12CC[C@@](C)(O)C[C@@H]1CC[C@H]1[C@@H]3CC[C@H](C(=O)Cn4cc(C#N)cn4)[C@@]3(C)CC[C@@H]12. The van der Waals surface area contributed by atoms with Crippen LogP contribution in [0.25, 0.3) is 0 Å². The molecule has 2 N–H and O–H groups in total. The Balaban J connectivity index is 0.000000199. The van der Waals surface area contributed by atoms with E-state index < -0.39 is 11.2 Å². The highest BCUT2D eigenvalue weighted by Crippen LogP contribution is 2.71. The van der Waals surface area contributed by atoms with Crippen molar-refractivity contribution in [2.24, 2.45) is 80.8 Å². The molecular formula is C52H84BrN3O4. The molecule has 0 saturated heterocycles. The summed E-state index contributed by atoms with van der Waals surface area (Å²) in [6, 6.07) is 2.10. The number of halogens is 1. The molecule has 338 valence electrons. The van der Waals surface area contributed by atoms with Crippen LogP contribution in [-0.4, -0.2) is 48.1 Å². The second-order valence-corrected chi connectivity index (χ2v) is 23.4. The number of carbonyl (C=O) groups excluding carboxylic acids is 2. The number of nitrogens with zero attached hydrogens (tertiary/aromatic N) is 3. The van der Waals surface area contributed by atoms with E-state index in [9.17, 15) is 19.8 Å². The zero-order valence-corrected chi connectivity index (χ0v) is 38.5. The molecule has 0 amide bonds. The number of fused-ring (bicyclic) bond motifs is 10. The van der Waals surface area contributed by atoms with Gasteiger partial charge in [0.2, 0.25) is 0 Å². The van der Waals surface area contributed by atoms with Crippen LogP contribution in [0, 0.1) is 92.2 Å². The van der Waals surface area contributed by atoms with Crippen LogP contribution in [0.2, 0.25) is 0 Å². The maximum absolute atomic E-state index is 13.4. The number of carbonyl (C=O) groups is 2. The van der Waals surface area contributed by atoms with Crippen molar-refractivity contribution in [2.45, 2.75) is 203 Å². The van der Waals surface area contributed by atoms with Crippen molar-refractivity contribution >= 4 is 27.5 Å². The topological polar surface area (TPSA) is 116 Å². The highest BCUT2D eigenvalue weighted by molar-refractivity contribution is 9.09. The van der Waals surface area contributed by atoms with Gasteiger partial charge in [0.05, 0.1) is 34.8 Å². The van der Waals surface area contributed by atoms with Gasteiger partial charge in [0.15, 0.2) is 5.78 Å². The van der Waals surface area contributed by atoms with Crippen LogP contribution >= 0.6 is 15.9 Å². The van der Waals surface area contributed by atoms with Gasteiger partial charge in [0, 0.05) is 18.0 Å². The maximum Gasteiger partial charge on any atom is 0.157 e. The fraction of sp³-hybridized carbons (Fsp3) is 0.885. The number of hydrogen-bond donors (Lipinski definition) is 2. The second kappa shape index (κ2) is 17.4. The molecule has 9 rings (SSSR count). The number of Topliss-reactive ketones (excluding diaryl/α,β-unsaturated/α-hetero) is 2. The molecule has 8 fully saturated rings. The summed E-state index contributed by atoms with van der Waals surface area (Å²) in [5.74, 6) is 7.07. The summed E-state index contributed by atoms with van der Waals surface area (Å²) >= 11 is 3.44. The van der Waals surface area contributed by atoms with E-state index in [0.717, 1.165) is 74.5 Å². The van der Waals surface area contributed by atoms with Gasteiger partial charge >= 0.3 is 0 Å². The largest absolute Gasteiger partial charge is 0.390 e. The molecule has 16 atom stereocenters. The number of alkyl halides is 1. The van der Waals surface area contributed by atoms with E-state index in [4.69, 9.17) is 5.26 Å². The molecule has 7 nitrogen and oxygen atoms in total. The lowest BCUT2D eigenvalue weighted by Crippen LogP contribution is -2.56. The fourth-order valence-corrected chi connectivity index (χ4v) is 18.2. The summed E-state index contributed by atoms with van der Waals surface area (Å²) < 4.78 is 1.65. The summed E-state index contributed by atoms with van der Waals surface area (Å²) in [5.41, 5.74) is 0.796. The van der Waals surface area contributed by atoms with E-state index in [1.54, 1.807) is 17.1 Å². The molecule has 8 saturated carbocycles. The summed E-state index contributed by atoms with van der Waals surface area (Å²) in [4.78, 5) is 26.0. The van der Waals surface area contributed by atoms with E-state index in [2.05, 4.69) is 61.7 Å². The van der Waals surface area contributed by atoms with Crippen molar-refractivity contribution in [1.82, 2.24) is 9.78 Å². The Morgan fingerprint density at radius 1 is 0.700 bits per heavy atom. The number of ketones is 2. The zero-order chi connectivity index (χ0) is 41.5. The molecular weight excluding hydrogens is 810 g/mol. The molecule has 0 unspecified atom stereocenters. The standard InChI is InChI=1S/C27H39N3O2.C23H37BrO2.2CH4/c1-4-27-12-11-25(2,32)13-19(27)5-6-20-21-7-8-23(26(21,3)10-9-22(20)27)24(31)17-30-16-18(14-28)15-29-30;1-4-23-12-11-21(2,26)13-15(23)5-6-16-17-7-8-19(20(25)14-24)22(17,3)10-9-18(16)23;;/h15-16,19-23,32H,4-13,17H2,1-3H3;15-19,26H,4-14H2,1-3H3;2*1H4/t19-,20-,21-,22-,23+,25+,26-,27-;15-,16-,17-,18-,19+,21+,22-,23-;;/m00../s1. The Morgan fingerprint density at radius 3 is 1.58 bits per heavy atom. The summed E-state index contributed by atoms with van der Waals surface area (Å²) in [5, 5.41) is 35.3. The predicted octanol–water partition coefficient (Wildman–Crippen LogP) is 12.1. The lowest BCUT2D eigenvalue weighted by Gasteiger charge is -2.63. The molecule has 60 heavy (non-hydrogen) atoms. The van der Waals surface area contributed by atoms with Crippen LogP contribution in [0.1, 0.15) is 190 Å². The van der Waals surface area contributed by atoms with E-state index in [0.29, 0.717) is 57.6 Å². The highest BCUT2D eigenvalue weighted by Gasteiger charge is 2.64. The van der Waals surface area contributed by atoms with Crippen molar-refractivity contribution in [3.05, 3.63) is 18.0 Å². The number of nitriles is 1. The average molecular weight is 895 g/mol. The molecule has 1 aromatic rings. The lowest BCUT2D eigenvalue weighted by atomic mass is 9.42. The lowest BCUT2D eigenvalue weighted by molar-refractivity contribution is -0.158. The van der Waals surface area contributed by atoms with Gasteiger partial charge in [-0.2, -0.15) is 10.4 Å². The Bertz CT molecular complexity index is 1750. The third-order valence-corrected chi connectivity index (χ3v) is 21.2. The molecule has 0 aliphatic heterocycles. The second-order valence-electron chi connectivity index (χ2n) is 22.8. The van der Waals surface area contributed by atoms with Gasteiger partial charge in [-0.1, -0.05) is 58.5 Å². The molecule has 0 aromatic carbocycles. The minimum absolute atomic E-state index is 0. The molecule has 0 radical (unpaired) electrons. The molecule has 8 aliphatic rings. The van der Waals surface area contributed by atoms with Gasteiger partial charge in [0.1, 0.15) is 11.9 Å². The molecule has 8 aliphatic carbocycles. The van der Waals surface area contributed by atoms with Gasteiger partial charge in [-0.05, 0) is 211 Å². The van der Waals surface area contributed by atoms with Crippen molar-refractivity contribution in [3.63, 3.8) is 0 Å². The maximum atomic E-state index is 13.4. The van der Waals surface area contributed by atoms with Gasteiger partial charge in [-0.3, -0.25) is 14.3 Å². The highest BCUT2D eigenvalue weighted by atomic mass is 79.9. The van der Waals surface area contributed by atoms with Gasteiger partial charge in [-0.25, -0.2) is 0 Å². The van der Waals surface area contributed by atoms with Crippen molar-refractivity contribution in [3.8, 4) is 6.07 Å². The van der Waals surface area contributed by atoms with E-state index in [1.807, 2.05) is 6.92 Å². The van der Waals surface area contributed by atoms with Crippen LogP contribution in [0.15, 0.2) is 12.4 Å². The first-order chi connectivity index (χ1) is 27.5. The van der Waals surface area contributed by atoms with Gasteiger partial charge < -0.3 is 10.2 Å². The zero-order valence-electron chi connectivity index (χ0n) is 36.9. The smallest absolute Gasteiger partial charge is 0.157 e. The van der Waals surface area contributed by atoms with Crippen LogP contribution in [0.4, 0.5) is 0 Å². The fourth-order valence-electron chi connectivity index (χ4n) is 17.8. The molecule has 1 aromatic heterocycles. The van der Waals surface area contributed by atoms with Crippen molar-refractivity contribution in [1.29, 1.82) is 5.26 Å². The Kier molecular flexibility index (Phi) is 13.9. The van der Waals surface area contributed by atoms with Crippen molar-refractivity contribution in [2.75, 3.05) is 5.33 Å². The molecule has 0 spiro atoms. The Labute approximate surface area is 373 Å². The normalized spacial score (nSPS) is 47.4. The quantitative estimate of drug-likeness (QED) is 0.263. The third-order valence-electron chi connectivity index (χ3n) is 20.6. The first kappa shape index (κ1) is 47.9. The number of aliphatic hydroxyl groups is 2. The first-order valence-corrected chi connectivity index (χ1v) is 25.1. The van der Waals surface area contributed by atoms with Crippen molar-refractivity contribution < 1.29 is 19.8 Å². The minimum Gasteiger partial charge on any atom is -0.390 e. The summed E-state index contributed by atoms with van der Waals surface area (Å²) in [6.07, 6.45) is 26.7. The molecule has 0 bridgehead atoms. The number of hydrogen-bond acceptors (Lipinski definition) is 6. The predicted molar refractivity (Wildman–Crippen MR) is 245 cm³/mol. The number of rotatable bonds is 7. The summed E-state index contributed by atoms with van der Waals surface area (Å²) in [6.45, 7) is 14.1. The van der Waals surface area contributed by atoms with E-state index in [-0.39, 0.29) is 37.5 Å². The van der Waals surface area contributed by atoms with Crippen LogP contribution in [-0.2, 0) is 16.1 Å². The van der Waals surface area contributed by atoms with Crippen LogP contribution < -0.4 is 0 Å². The van der Waals surface area contributed by atoms with Crippen LogP contribution in [0.5, 0.6) is 0 Å². The number of aromatic nitrogens is 2. The molecule has 8 heteroatoms. The van der Waals surface area contributed by atoms with Gasteiger partial charge in [0.25, 0.3) is 0 Å². The minimum atomic E-state index is -0.484. The van der Waals surface area contributed by atoms with Crippen LogP contribution in [0.3, 0.4) is 0 Å². The first-order valence-electron chi connectivity index (χ1n) is 24.0. The third kappa shape index (κ3) is 7.77. The monoisotopic (exact) mass is 894 g/mol.